The number of methoxy groups -OCH3 is 1. The lowest BCUT2D eigenvalue weighted by molar-refractivity contribution is -0.142. The molecule has 0 spiro atoms. The van der Waals surface area contributed by atoms with Crippen LogP contribution in [0.4, 0.5) is 0 Å². The van der Waals surface area contributed by atoms with Gasteiger partial charge in [-0.25, -0.2) is 4.79 Å². The molecule has 0 radical (unpaired) electrons. The van der Waals surface area contributed by atoms with Gasteiger partial charge >= 0.3 is 11.9 Å². The molecule has 7 nitrogen and oxygen atoms in total. The van der Waals surface area contributed by atoms with Crippen LogP contribution in [0.1, 0.15) is 29.2 Å². The number of nitrogens with one attached hydrogen (secondary N) is 1. The highest BCUT2D eigenvalue weighted by atomic mass is 32.2. The van der Waals surface area contributed by atoms with Gasteiger partial charge in [-0.1, -0.05) is 0 Å². The smallest absolute Gasteiger partial charge is 0.326 e. The highest BCUT2D eigenvalue weighted by Crippen LogP contribution is 2.13. The average molecular weight is 315 g/mol. The summed E-state index contributed by atoms with van der Waals surface area (Å²) in [6.07, 6.45) is 1.76. The van der Waals surface area contributed by atoms with Crippen LogP contribution in [0.25, 0.3) is 0 Å². The van der Waals surface area contributed by atoms with Gasteiger partial charge in [0.2, 0.25) is 0 Å². The molecule has 1 atom stereocenters. The number of carboxylic acid groups (broad SMARTS) is 1. The molecule has 0 aliphatic rings. The molecule has 116 valence electrons. The quantitative estimate of drug-likeness (QED) is 0.696. The highest BCUT2D eigenvalue weighted by Gasteiger charge is 2.23. The van der Waals surface area contributed by atoms with Gasteiger partial charge in [-0.15, -0.1) is 0 Å². The fourth-order valence-corrected chi connectivity index (χ4v) is 2.01. The lowest BCUT2D eigenvalue weighted by Gasteiger charge is -2.12. The lowest BCUT2D eigenvalue weighted by Crippen LogP contribution is -2.41. The van der Waals surface area contributed by atoms with Gasteiger partial charge in [-0.3, -0.25) is 9.59 Å². The summed E-state index contributed by atoms with van der Waals surface area (Å²) in [4.78, 5) is 34.0. The number of hydrogen-bond donors (Lipinski definition) is 2. The number of rotatable bonds is 8. The Kier molecular flexibility index (Phi) is 6.80. The summed E-state index contributed by atoms with van der Waals surface area (Å²) in [5.41, 5.74) is 0. The Morgan fingerprint density at radius 2 is 2.14 bits per heavy atom. The predicted octanol–water partition coefficient (Wildman–Crippen LogP) is 1.28. The first-order valence-electron chi connectivity index (χ1n) is 6.16. The Morgan fingerprint density at radius 1 is 1.43 bits per heavy atom. The molecule has 2 N–H and O–H groups in total. The molecular weight excluding hydrogens is 298 g/mol. The molecule has 8 heteroatoms. The van der Waals surface area contributed by atoms with Crippen LogP contribution >= 0.6 is 11.8 Å². The van der Waals surface area contributed by atoms with Gasteiger partial charge in [0.15, 0.2) is 5.76 Å². The number of hydrogen-bond acceptors (Lipinski definition) is 6. The molecule has 0 aliphatic heterocycles. The van der Waals surface area contributed by atoms with E-state index in [0.29, 0.717) is 11.5 Å². The molecule has 0 saturated carbocycles. The minimum atomic E-state index is -1.22. The van der Waals surface area contributed by atoms with Crippen molar-refractivity contribution in [1.82, 2.24) is 5.32 Å². The SMILES string of the molecule is COC(=O)CC[C@@H](NC(=O)c1ccc(CSC)o1)C(=O)O. The van der Waals surface area contributed by atoms with Gasteiger partial charge in [-0.2, -0.15) is 11.8 Å². The fourth-order valence-electron chi connectivity index (χ4n) is 1.57. The van der Waals surface area contributed by atoms with Gasteiger partial charge in [-0.05, 0) is 24.8 Å². The van der Waals surface area contributed by atoms with Crippen LogP contribution < -0.4 is 5.32 Å². The summed E-state index contributed by atoms with van der Waals surface area (Å²) >= 11 is 1.54. The van der Waals surface area contributed by atoms with E-state index < -0.39 is 23.9 Å². The van der Waals surface area contributed by atoms with Crippen molar-refractivity contribution in [3.05, 3.63) is 23.7 Å². The van der Waals surface area contributed by atoms with Crippen molar-refractivity contribution in [2.75, 3.05) is 13.4 Å². The van der Waals surface area contributed by atoms with Crippen LogP contribution in [0.3, 0.4) is 0 Å². The first kappa shape index (κ1) is 17.1. The second kappa shape index (κ2) is 8.35. The minimum Gasteiger partial charge on any atom is -0.480 e. The van der Waals surface area contributed by atoms with Crippen LogP contribution in [0.5, 0.6) is 0 Å². The van der Waals surface area contributed by atoms with E-state index in [2.05, 4.69) is 10.1 Å². The molecule has 1 rings (SSSR count). The Bertz CT molecular complexity index is 513. The zero-order valence-corrected chi connectivity index (χ0v) is 12.6. The summed E-state index contributed by atoms with van der Waals surface area (Å²) in [5, 5.41) is 11.4. The van der Waals surface area contributed by atoms with Crippen LogP contribution in [0.15, 0.2) is 16.5 Å². The van der Waals surface area contributed by atoms with Crippen molar-refractivity contribution < 1.29 is 28.6 Å². The Balaban J connectivity index is 2.62. The number of esters is 1. The maximum Gasteiger partial charge on any atom is 0.326 e. The minimum absolute atomic E-state index is 0.0448. The summed E-state index contributed by atoms with van der Waals surface area (Å²) in [6, 6.07) is 1.97. The maximum atomic E-state index is 11.9. The molecule has 0 aromatic carbocycles. The third-order valence-electron chi connectivity index (χ3n) is 2.64. The summed E-state index contributed by atoms with van der Waals surface area (Å²) in [5.74, 6) is -1.08. The number of carboxylic acids is 1. The molecule has 0 fully saturated rings. The van der Waals surface area contributed by atoms with E-state index >= 15 is 0 Å². The molecular formula is C13H17NO6S. The topological polar surface area (TPSA) is 106 Å². The normalized spacial score (nSPS) is 11.7. The first-order chi connectivity index (χ1) is 9.97. The van der Waals surface area contributed by atoms with Crippen molar-refractivity contribution in [3.63, 3.8) is 0 Å². The van der Waals surface area contributed by atoms with E-state index in [1.54, 1.807) is 17.8 Å². The fraction of sp³-hybridized carbons (Fsp3) is 0.462. The standard InChI is InChI=1S/C13H17NO6S/c1-19-11(15)6-4-9(13(17)18)14-12(16)10-5-3-8(20-10)7-21-2/h3,5,9H,4,6-7H2,1-2H3,(H,14,16)(H,17,18)/t9-/m1/s1. The van der Waals surface area contributed by atoms with Gasteiger partial charge in [0.25, 0.3) is 5.91 Å². The third-order valence-corrected chi connectivity index (χ3v) is 3.21. The lowest BCUT2D eigenvalue weighted by atomic mass is 10.1. The van der Waals surface area contributed by atoms with Crippen molar-refractivity contribution >= 4 is 29.6 Å². The summed E-state index contributed by atoms with van der Waals surface area (Å²) < 4.78 is 9.73. The largest absolute Gasteiger partial charge is 0.480 e. The summed E-state index contributed by atoms with van der Waals surface area (Å²) in [6.45, 7) is 0. The number of ether oxygens (including phenoxy) is 1. The number of amides is 1. The van der Waals surface area contributed by atoms with Crippen molar-refractivity contribution in [2.24, 2.45) is 0 Å². The molecule has 1 heterocycles. The molecule has 21 heavy (non-hydrogen) atoms. The van der Waals surface area contributed by atoms with Gasteiger partial charge in [0.1, 0.15) is 11.8 Å². The van der Waals surface area contributed by atoms with E-state index in [1.807, 2.05) is 6.26 Å². The zero-order chi connectivity index (χ0) is 15.8. The number of thioether (sulfide) groups is 1. The van der Waals surface area contributed by atoms with Crippen LogP contribution in [-0.4, -0.2) is 42.4 Å². The summed E-state index contributed by atoms with van der Waals surface area (Å²) in [7, 11) is 1.22. The Hall–Kier alpha value is -1.96. The first-order valence-corrected chi connectivity index (χ1v) is 7.55. The van der Waals surface area contributed by atoms with E-state index in [4.69, 9.17) is 9.52 Å². The van der Waals surface area contributed by atoms with E-state index in [9.17, 15) is 14.4 Å². The van der Waals surface area contributed by atoms with Crippen molar-refractivity contribution in [1.29, 1.82) is 0 Å². The number of carbonyl (C=O) groups excluding carboxylic acids is 2. The third kappa shape index (κ3) is 5.50. The number of carbonyl (C=O) groups is 3. The molecule has 0 bridgehead atoms. The van der Waals surface area contributed by atoms with Crippen LogP contribution in [-0.2, 0) is 20.1 Å². The van der Waals surface area contributed by atoms with E-state index in [1.165, 1.54) is 13.2 Å². The Morgan fingerprint density at radius 3 is 2.71 bits per heavy atom. The monoisotopic (exact) mass is 315 g/mol. The predicted molar refractivity (Wildman–Crippen MR) is 76.1 cm³/mol. The van der Waals surface area contributed by atoms with Crippen molar-refractivity contribution in [3.8, 4) is 0 Å². The molecule has 1 aromatic heterocycles. The highest BCUT2D eigenvalue weighted by molar-refractivity contribution is 7.97. The second-order valence-corrected chi connectivity index (χ2v) is 5.04. The van der Waals surface area contributed by atoms with E-state index in [-0.39, 0.29) is 18.6 Å². The van der Waals surface area contributed by atoms with Crippen LogP contribution in [0, 0.1) is 0 Å². The average Bonchev–Trinajstić information content (AvgIpc) is 2.91. The zero-order valence-electron chi connectivity index (χ0n) is 11.8. The maximum absolute atomic E-state index is 11.9. The molecule has 1 aromatic rings. The van der Waals surface area contributed by atoms with Gasteiger partial charge < -0.3 is 19.6 Å². The number of aliphatic carboxylic acids is 1. The Labute approximate surface area is 126 Å². The molecule has 0 saturated heterocycles. The molecule has 1 amide bonds. The molecule has 0 aliphatic carbocycles. The van der Waals surface area contributed by atoms with Crippen LogP contribution in [0.2, 0.25) is 0 Å². The molecule has 0 unspecified atom stereocenters. The van der Waals surface area contributed by atoms with Gasteiger partial charge in [0.05, 0.1) is 12.9 Å². The van der Waals surface area contributed by atoms with Gasteiger partial charge in [0, 0.05) is 6.42 Å². The number of furan rings is 1. The van der Waals surface area contributed by atoms with E-state index in [0.717, 1.165) is 0 Å². The second-order valence-electron chi connectivity index (χ2n) is 4.18. The van der Waals surface area contributed by atoms with Crippen molar-refractivity contribution in [2.45, 2.75) is 24.6 Å².